The van der Waals surface area contributed by atoms with Gasteiger partial charge in [-0.3, -0.25) is 14.3 Å². The summed E-state index contributed by atoms with van der Waals surface area (Å²) >= 11 is 0. The first-order chi connectivity index (χ1) is 9.58. The normalized spacial score (nSPS) is 29.5. The molecular formula is C14H20N2O4. The maximum Gasteiger partial charge on any atom is 0.330 e. The molecule has 1 N–H and O–H groups in total. The Kier molecular flexibility index (Phi) is 4.57. The van der Waals surface area contributed by atoms with Crippen molar-refractivity contribution in [1.29, 1.82) is 0 Å². The van der Waals surface area contributed by atoms with Crippen molar-refractivity contribution < 1.29 is 9.47 Å². The first-order valence-electron chi connectivity index (χ1n) is 6.78. The van der Waals surface area contributed by atoms with Crippen LogP contribution in [0.25, 0.3) is 0 Å². The number of aromatic amines is 1. The summed E-state index contributed by atoms with van der Waals surface area (Å²) < 4.78 is 13.1. The minimum Gasteiger partial charge on any atom is -0.369 e. The van der Waals surface area contributed by atoms with E-state index in [1.165, 1.54) is 16.8 Å². The quantitative estimate of drug-likeness (QED) is 0.818. The zero-order valence-corrected chi connectivity index (χ0v) is 11.7. The summed E-state index contributed by atoms with van der Waals surface area (Å²) in [4.78, 5) is 25.3. The van der Waals surface area contributed by atoms with Crippen LogP contribution in [0.2, 0.25) is 0 Å². The Morgan fingerprint density at radius 2 is 2.30 bits per heavy atom. The largest absolute Gasteiger partial charge is 0.369 e. The molecule has 0 radical (unpaired) electrons. The molecule has 6 nitrogen and oxygen atoms in total. The van der Waals surface area contributed by atoms with Crippen molar-refractivity contribution in [2.45, 2.75) is 38.7 Å². The Hall–Kier alpha value is -1.66. The molecule has 0 saturated carbocycles. The van der Waals surface area contributed by atoms with Crippen molar-refractivity contribution >= 4 is 0 Å². The fourth-order valence-corrected chi connectivity index (χ4v) is 2.58. The molecule has 0 unspecified atom stereocenters. The van der Waals surface area contributed by atoms with E-state index in [1.807, 2.05) is 13.8 Å². The minimum absolute atomic E-state index is 0.0219. The predicted octanol–water partition coefficient (Wildman–Crippen LogP) is 1.05. The van der Waals surface area contributed by atoms with Crippen molar-refractivity contribution in [3.63, 3.8) is 0 Å². The fourth-order valence-electron chi connectivity index (χ4n) is 2.58. The molecule has 0 spiro atoms. The van der Waals surface area contributed by atoms with E-state index >= 15 is 0 Å². The lowest BCUT2D eigenvalue weighted by Gasteiger charge is -2.22. The lowest BCUT2D eigenvalue weighted by atomic mass is 9.98. The number of hydrogen-bond acceptors (Lipinski definition) is 4. The highest BCUT2D eigenvalue weighted by Gasteiger charge is 2.43. The molecular weight excluding hydrogens is 260 g/mol. The molecule has 2 heterocycles. The first-order valence-corrected chi connectivity index (χ1v) is 6.78. The van der Waals surface area contributed by atoms with Crippen molar-refractivity contribution in [2.75, 3.05) is 6.61 Å². The molecule has 20 heavy (non-hydrogen) atoms. The lowest BCUT2D eigenvalue weighted by Crippen LogP contribution is -2.37. The number of nitrogens with zero attached hydrogens (tertiary/aromatic N) is 1. The number of nitrogens with one attached hydrogen (secondary N) is 1. The van der Waals surface area contributed by atoms with E-state index < -0.39 is 17.5 Å². The van der Waals surface area contributed by atoms with Gasteiger partial charge in [0.25, 0.3) is 5.56 Å². The van der Waals surface area contributed by atoms with E-state index in [9.17, 15) is 9.59 Å². The Bertz CT molecular complexity index is 577. The highest BCUT2D eigenvalue weighted by atomic mass is 16.6. The zero-order valence-electron chi connectivity index (χ0n) is 11.7. The van der Waals surface area contributed by atoms with Crippen LogP contribution in [0.4, 0.5) is 0 Å². The predicted molar refractivity (Wildman–Crippen MR) is 74.6 cm³/mol. The molecule has 110 valence electrons. The molecule has 4 atom stereocenters. The van der Waals surface area contributed by atoms with Gasteiger partial charge in [0.2, 0.25) is 0 Å². The average Bonchev–Trinajstić information content (AvgIpc) is 2.73. The summed E-state index contributed by atoms with van der Waals surface area (Å²) in [7, 11) is 0. The van der Waals surface area contributed by atoms with E-state index in [4.69, 9.17) is 9.47 Å². The third-order valence-corrected chi connectivity index (χ3v) is 3.63. The van der Waals surface area contributed by atoms with Gasteiger partial charge in [-0.25, -0.2) is 4.79 Å². The number of hydrogen-bond donors (Lipinski definition) is 1. The zero-order chi connectivity index (χ0) is 14.7. The number of rotatable bonds is 5. The smallest absolute Gasteiger partial charge is 0.330 e. The summed E-state index contributed by atoms with van der Waals surface area (Å²) in [5.41, 5.74) is -0.911. The van der Waals surface area contributed by atoms with Crippen LogP contribution < -0.4 is 11.2 Å². The molecule has 6 heteroatoms. The van der Waals surface area contributed by atoms with Gasteiger partial charge >= 0.3 is 5.69 Å². The van der Waals surface area contributed by atoms with Crippen LogP contribution in [0.3, 0.4) is 0 Å². The Morgan fingerprint density at radius 3 is 2.90 bits per heavy atom. The van der Waals surface area contributed by atoms with Crippen LogP contribution in [-0.2, 0) is 9.47 Å². The van der Waals surface area contributed by atoms with Crippen LogP contribution >= 0.6 is 0 Å². The molecule has 1 aromatic heterocycles. The molecule has 1 fully saturated rings. The van der Waals surface area contributed by atoms with Gasteiger partial charge in [0.05, 0.1) is 12.7 Å². The van der Waals surface area contributed by atoms with Crippen LogP contribution in [0.15, 0.2) is 34.5 Å². The number of H-pyrrole nitrogens is 1. The van der Waals surface area contributed by atoms with Crippen LogP contribution in [0.5, 0.6) is 0 Å². The van der Waals surface area contributed by atoms with Gasteiger partial charge in [0.15, 0.2) is 6.23 Å². The molecule has 0 aliphatic carbocycles. The third-order valence-electron chi connectivity index (χ3n) is 3.63. The summed E-state index contributed by atoms with van der Waals surface area (Å²) in [5, 5.41) is 0. The average molecular weight is 280 g/mol. The van der Waals surface area contributed by atoms with E-state index in [0.717, 1.165) is 6.42 Å². The van der Waals surface area contributed by atoms with Gasteiger partial charge in [-0.15, -0.1) is 6.58 Å². The highest BCUT2D eigenvalue weighted by molar-refractivity contribution is 4.92. The second-order valence-electron chi connectivity index (χ2n) is 4.94. The second-order valence-corrected chi connectivity index (χ2v) is 4.94. The fraction of sp³-hybridized carbons (Fsp3) is 0.571. The third kappa shape index (κ3) is 2.76. The number of ether oxygens (including phenoxy) is 2. The standard InChI is InChI=1S/C14H20N2O4/c1-4-8-19-12-9(3)10(5-2)20-13(12)16-7-6-11(17)15-14(16)18/h4,6-7,9-10,12-13H,1,5,8H2,2-3H3,(H,15,17,18)/t9-,10-,12-,13-/m1/s1. The maximum atomic E-state index is 11.9. The molecule has 1 saturated heterocycles. The molecule has 1 aliphatic heterocycles. The van der Waals surface area contributed by atoms with Crippen molar-refractivity contribution in [3.8, 4) is 0 Å². The topological polar surface area (TPSA) is 73.3 Å². The van der Waals surface area contributed by atoms with E-state index in [1.54, 1.807) is 6.08 Å². The van der Waals surface area contributed by atoms with Crippen molar-refractivity contribution in [3.05, 3.63) is 45.8 Å². The van der Waals surface area contributed by atoms with Crippen LogP contribution in [-0.4, -0.2) is 28.4 Å². The molecule has 2 rings (SSSR count). The first kappa shape index (κ1) is 14.7. The Labute approximate surface area is 117 Å². The molecule has 0 bridgehead atoms. The van der Waals surface area contributed by atoms with E-state index in [-0.39, 0.29) is 18.1 Å². The monoisotopic (exact) mass is 280 g/mol. The van der Waals surface area contributed by atoms with Gasteiger partial charge in [-0.2, -0.15) is 0 Å². The van der Waals surface area contributed by atoms with Gasteiger partial charge in [0, 0.05) is 18.2 Å². The second kappa shape index (κ2) is 6.19. The Balaban J connectivity index is 2.33. The maximum absolute atomic E-state index is 11.9. The summed E-state index contributed by atoms with van der Waals surface area (Å²) in [6.45, 7) is 8.10. The van der Waals surface area contributed by atoms with E-state index in [2.05, 4.69) is 11.6 Å². The van der Waals surface area contributed by atoms with Gasteiger partial charge in [-0.1, -0.05) is 19.9 Å². The lowest BCUT2D eigenvalue weighted by molar-refractivity contribution is -0.0604. The number of aromatic nitrogens is 2. The highest BCUT2D eigenvalue weighted by Crippen LogP contribution is 2.36. The Morgan fingerprint density at radius 1 is 1.55 bits per heavy atom. The van der Waals surface area contributed by atoms with Crippen LogP contribution in [0.1, 0.15) is 26.5 Å². The molecule has 1 aromatic rings. The molecule has 1 aliphatic rings. The van der Waals surface area contributed by atoms with Crippen LogP contribution in [0, 0.1) is 5.92 Å². The van der Waals surface area contributed by atoms with Gasteiger partial charge < -0.3 is 9.47 Å². The minimum atomic E-state index is -0.528. The summed E-state index contributed by atoms with van der Waals surface area (Å²) in [5.74, 6) is 0.156. The SMILES string of the molecule is C=CCO[C@@H]1[C@H](C)[C@@H](CC)O[C@H]1n1ccc(=O)[nH]c1=O. The van der Waals surface area contributed by atoms with Gasteiger partial charge in [-0.05, 0) is 6.42 Å². The summed E-state index contributed by atoms with van der Waals surface area (Å²) in [6, 6.07) is 1.30. The molecule has 0 amide bonds. The summed E-state index contributed by atoms with van der Waals surface area (Å²) in [6.07, 6.45) is 3.19. The molecule has 0 aromatic carbocycles. The van der Waals surface area contributed by atoms with E-state index in [0.29, 0.717) is 6.61 Å². The van der Waals surface area contributed by atoms with Crippen molar-refractivity contribution in [1.82, 2.24) is 9.55 Å². The van der Waals surface area contributed by atoms with Crippen molar-refractivity contribution in [2.24, 2.45) is 5.92 Å². The van der Waals surface area contributed by atoms with Gasteiger partial charge in [0.1, 0.15) is 6.10 Å².